The van der Waals surface area contributed by atoms with E-state index >= 15 is 0 Å². The summed E-state index contributed by atoms with van der Waals surface area (Å²) in [5.41, 5.74) is 7.42. The first kappa shape index (κ1) is 31.6. The molecule has 0 aliphatic heterocycles. The van der Waals surface area contributed by atoms with Crippen molar-refractivity contribution in [3.8, 4) is 11.5 Å². The van der Waals surface area contributed by atoms with Crippen molar-refractivity contribution >= 4 is 51.0 Å². The van der Waals surface area contributed by atoms with E-state index in [9.17, 15) is 4.79 Å². The van der Waals surface area contributed by atoms with Gasteiger partial charge in [-0.05, 0) is 65.4 Å². The van der Waals surface area contributed by atoms with Gasteiger partial charge >= 0.3 is 0 Å². The maximum Gasteiger partial charge on any atom is 0.167 e. The van der Waals surface area contributed by atoms with Gasteiger partial charge < -0.3 is 13.8 Å². The minimum atomic E-state index is -0.0389. The number of hydrogen-bond acceptors (Lipinski definition) is 8. The summed E-state index contributed by atoms with van der Waals surface area (Å²) in [5, 5.41) is 20.3. The lowest BCUT2D eigenvalue weighted by atomic mass is 9.73. The molecule has 0 atom stereocenters. The van der Waals surface area contributed by atoms with Crippen LogP contribution in [0.1, 0.15) is 70.3 Å². The highest BCUT2D eigenvalue weighted by molar-refractivity contribution is 8.04. The molecule has 0 aromatic heterocycles. The van der Waals surface area contributed by atoms with Gasteiger partial charge in [0.05, 0.1) is 39.6 Å². The molecule has 0 bridgehead atoms. The lowest BCUT2D eigenvalue weighted by Gasteiger charge is -2.31. The number of benzene rings is 4. The highest BCUT2D eigenvalue weighted by Crippen LogP contribution is 2.48. The molecule has 1 saturated carbocycles. The number of carbonyl (C=O) groups is 1. The van der Waals surface area contributed by atoms with Gasteiger partial charge in [0.1, 0.15) is 11.5 Å². The van der Waals surface area contributed by atoms with E-state index in [2.05, 4.69) is 55.1 Å². The summed E-state index contributed by atoms with van der Waals surface area (Å²) < 4.78 is 12.3. The molecule has 0 amide bonds. The predicted molar refractivity (Wildman–Crippen MR) is 188 cm³/mol. The molecule has 8 heteroatoms. The quantitative estimate of drug-likeness (QED) is 0.0994. The molecule has 0 heterocycles. The summed E-state index contributed by atoms with van der Waals surface area (Å²) in [4.78, 5) is 14.2. The molecule has 4 aromatic carbocycles. The van der Waals surface area contributed by atoms with Crippen molar-refractivity contribution in [1.29, 1.82) is 5.41 Å². The number of nitrogens with one attached hydrogen (secondary N) is 1. The largest absolute Gasteiger partial charge is 0.421 e. The number of Topliss-reactive ketones (excluding diaryl/α,β-unsaturated/α-hetero) is 1. The number of ketones is 1. The molecule has 3 aliphatic carbocycles. The van der Waals surface area contributed by atoms with Crippen LogP contribution in [0, 0.1) is 5.41 Å². The summed E-state index contributed by atoms with van der Waals surface area (Å²) in [7, 11) is 0. The van der Waals surface area contributed by atoms with Gasteiger partial charge in [0.25, 0.3) is 0 Å². The SMILES string of the molecule is C=C1C(=N)C=C(SOc2ccc(C3(c4ccc(OSC5=CCC(=O)c6ccccc65)cc4)CCCC3)cc2)c2ccccc21.OO. The summed E-state index contributed by atoms with van der Waals surface area (Å²) in [6.07, 6.45) is 8.78. The van der Waals surface area contributed by atoms with Gasteiger partial charge in [-0.25, -0.2) is 0 Å². The molecule has 7 rings (SSSR count). The molecule has 3 aliphatic rings. The number of carbonyl (C=O) groups excluding carboxylic acids is 1. The second kappa shape index (κ2) is 14.0. The predicted octanol–water partition coefficient (Wildman–Crippen LogP) is 10.3. The minimum absolute atomic E-state index is 0.0389. The van der Waals surface area contributed by atoms with Gasteiger partial charge in [0.2, 0.25) is 0 Å². The highest BCUT2D eigenvalue weighted by atomic mass is 32.2. The van der Waals surface area contributed by atoms with Crippen LogP contribution >= 0.6 is 24.1 Å². The molecule has 0 saturated heterocycles. The van der Waals surface area contributed by atoms with Gasteiger partial charge in [-0.1, -0.05) is 98.3 Å². The monoisotopic (exact) mass is 647 g/mol. The van der Waals surface area contributed by atoms with Gasteiger partial charge in [0, 0.05) is 28.5 Å². The fourth-order valence-corrected chi connectivity index (χ4v) is 7.91. The Morgan fingerprint density at radius 3 is 1.72 bits per heavy atom. The second-order valence-electron chi connectivity index (χ2n) is 11.4. The summed E-state index contributed by atoms with van der Waals surface area (Å²) >= 11 is 2.60. The van der Waals surface area contributed by atoms with Crippen LogP contribution < -0.4 is 8.37 Å². The molecular formula is C38H33NO5S2. The topological polar surface area (TPSA) is 99.8 Å². The summed E-state index contributed by atoms with van der Waals surface area (Å²) in [6.45, 7) is 4.07. The van der Waals surface area contributed by atoms with Crippen molar-refractivity contribution < 1.29 is 23.7 Å². The molecule has 3 N–H and O–H groups in total. The highest BCUT2D eigenvalue weighted by Gasteiger charge is 2.37. The van der Waals surface area contributed by atoms with Crippen molar-refractivity contribution in [3.05, 3.63) is 149 Å². The van der Waals surface area contributed by atoms with Gasteiger partial charge in [-0.15, -0.1) is 0 Å². The Morgan fingerprint density at radius 1 is 0.674 bits per heavy atom. The van der Waals surface area contributed by atoms with Crippen LogP contribution in [0.2, 0.25) is 0 Å². The van der Waals surface area contributed by atoms with Crippen LogP contribution in [-0.2, 0) is 5.41 Å². The Bertz CT molecular complexity index is 1840. The third-order valence-corrected chi connectivity index (χ3v) is 10.4. The molecular weight excluding hydrogens is 615 g/mol. The van der Waals surface area contributed by atoms with Crippen LogP contribution in [0.3, 0.4) is 0 Å². The number of fused-ring (bicyclic) bond motifs is 2. The Labute approximate surface area is 277 Å². The Morgan fingerprint density at radius 2 is 1.15 bits per heavy atom. The zero-order valence-corrected chi connectivity index (χ0v) is 26.7. The van der Waals surface area contributed by atoms with Crippen LogP contribution in [-0.4, -0.2) is 22.0 Å². The Kier molecular flexibility index (Phi) is 9.61. The first-order valence-electron chi connectivity index (χ1n) is 15.0. The maximum absolute atomic E-state index is 12.3. The normalized spacial score (nSPS) is 16.3. The average Bonchev–Trinajstić information content (AvgIpc) is 3.62. The van der Waals surface area contributed by atoms with E-state index < -0.39 is 0 Å². The van der Waals surface area contributed by atoms with E-state index in [0.717, 1.165) is 62.0 Å². The number of hydrogen-bond donors (Lipinski definition) is 3. The zero-order chi connectivity index (χ0) is 32.1. The van der Waals surface area contributed by atoms with Crippen molar-refractivity contribution in [3.63, 3.8) is 0 Å². The van der Waals surface area contributed by atoms with E-state index in [1.807, 2.05) is 60.7 Å². The molecule has 6 nitrogen and oxygen atoms in total. The van der Waals surface area contributed by atoms with Crippen LogP contribution in [0.25, 0.3) is 15.4 Å². The first-order valence-corrected chi connectivity index (χ1v) is 16.5. The third-order valence-electron chi connectivity index (χ3n) is 8.81. The minimum Gasteiger partial charge on any atom is -0.421 e. The van der Waals surface area contributed by atoms with Gasteiger partial charge in [0.15, 0.2) is 5.78 Å². The van der Waals surface area contributed by atoms with E-state index in [4.69, 9.17) is 24.3 Å². The van der Waals surface area contributed by atoms with Crippen LogP contribution in [0.5, 0.6) is 11.5 Å². The molecule has 46 heavy (non-hydrogen) atoms. The van der Waals surface area contributed by atoms with Crippen LogP contribution in [0.15, 0.2) is 116 Å². The summed E-state index contributed by atoms with van der Waals surface area (Å²) in [6, 6.07) is 32.8. The maximum atomic E-state index is 12.3. The van der Waals surface area contributed by atoms with Crippen molar-refractivity contribution in [2.24, 2.45) is 0 Å². The molecule has 0 spiro atoms. The van der Waals surface area contributed by atoms with Gasteiger partial charge in [-0.2, -0.15) is 0 Å². The van der Waals surface area contributed by atoms with Crippen LogP contribution in [0.4, 0.5) is 0 Å². The zero-order valence-electron chi connectivity index (χ0n) is 25.1. The van der Waals surface area contributed by atoms with Crippen molar-refractivity contribution in [1.82, 2.24) is 0 Å². The molecule has 4 aromatic rings. The van der Waals surface area contributed by atoms with E-state index in [-0.39, 0.29) is 11.2 Å². The fourth-order valence-electron chi connectivity index (χ4n) is 6.46. The van der Waals surface area contributed by atoms with E-state index in [1.54, 1.807) is 0 Å². The average molecular weight is 648 g/mol. The van der Waals surface area contributed by atoms with Crippen molar-refractivity contribution in [2.45, 2.75) is 37.5 Å². The standard InChI is InChI=1S/C38H31NO3S2.H2O2/c1-25-30-8-2-4-10-32(30)37(24-34(25)39)44-42-29-18-14-27(15-19-29)38(22-6-7-23-38)26-12-16-28(17-13-26)41-43-36-21-20-35(40)31-9-3-5-11-33(31)36;1-2/h2-5,8-19,21,24,39H,1,6-7,20,22-23H2;1-2H. The lowest BCUT2D eigenvalue weighted by molar-refractivity contribution is -0.176. The first-order chi connectivity index (χ1) is 22.5. The Hall–Kier alpha value is -4.34. The summed E-state index contributed by atoms with van der Waals surface area (Å²) in [5.74, 6) is 1.72. The van der Waals surface area contributed by atoms with Gasteiger partial charge in [-0.3, -0.25) is 15.3 Å². The van der Waals surface area contributed by atoms with Crippen molar-refractivity contribution in [2.75, 3.05) is 0 Å². The lowest BCUT2D eigenvalue weighted by Crippen LogP contribution is -2.23. The molecule has 0 unspecified atom stereocenters. The second-order valence-corrected chi connectivity index (χ2v) is 12.9. The number of rotatable bonds is 8. The third kappa shape index (κ3) is 6.22. The number of allylic oxidation sites excluding steroid dienone is 3. The molecule has 232 valence electrons. The smallest absolute Gasteiger partial charge is 0.167 e. The fraction of sp³-hybridized carbons (Fsp3) is 0.158. The molecule has 1 fully saturated rings. The van der Waals surface area contributed by atoms with E-state index in [0.29, 0.717) is 12.1 Å². The molecule has 0 radical (unpaired) electrons. The van der Waals surface area contributed by atoms with E-state index in [1.165, 1.54) is 48.1 Å². The Balaban J connectivity index is 0.00000182.